The smallest absolute Gasteiger partial charge is 0.139 e. The van der Waals surface area contributed by atoms with E-state index in [0.29, 0.717) is 16.4 Å². The molecule has 0 aliphatic heterocycles. The summed E-state index contributed by atoms with van der Waals surface area (Å²) in [6, 6.07) is 3.92. The molecule has 1 aliphatic rings. The van der Waals surface area contributed by atoms with Crippen LogP contribution in [0, 0.1) is 24.6 Å². The fourth-order valence-corrected chi connectivity index (χ4v) is 3.34. The predicted molar refractivity (Wildman–Crippen MR) is 78.4 cm³/mol. The zero-order chi connectivity index (χ0) is 13.3. The van der Waals surface area contributed by atoms with E-state index in [4.69, 9.17) is 0 Å². The molecular formula is C15H21BrFN. The van der Waals surface area contributed by atoms with Crippen LogP contribution in [-0.4, -0.2) is 6.04 Å². The van der Waals surface area contributed by atoms with Crippen LogP contribution in [0.4, 0.5) is 10.1 Å². The molecule has 1 aliphatic carbocycles. The van der Waals surface area contributed by atoms with Gasteiger partial charge in [0.1, 0.15) is 5.82 Å². The summed E-state index contributed by atoms with van der Waals surface area (Å²) in [4.78, 5) is 0. The van der Waals surface area contributed by atoms with Crippen molar-refractivity contribution in [1.29, 1.82) is 0 Å². The molecule has 3 unspecified atom stereocenters. The number of benzene rings is 1. The van der Waals surface area contributed by atoms with Gasteiger partial charge >= 0.3 is 0 Å². The van der Waals surface area contributed by atoms with E-state index in [9.17, 15) is 4.39 Å². The summed E-state index contributed by atoms with van der Waals surface area (Å²) in [5.41, 5.74) is 2.02. The Morgan fingerprint density at radius 2 is 2.00 bits per heavy atom. The normalized spacial score (nSPS) is 28.2. The second kappa shape index (κ2) is 5.60. The molecule has 0 radical (unpaired) electrons. The average Bonchev–Trinajstić information content (AvgIpc) is 2.29. The van der Waals surface area contributed by atoms with Crippen molar-refractivity contribution in [2.24, 2.45) is 11.8 Å². The van der Waals surface area contributed by atoms with Crippen molar-refractivity contribution >= 4 is 21.6 Å². The van der Waals surface area contributed by atoms with Crippen LogP contribution in [0.1, 0.15) is 38.7 Å². The lowest BCUT2D eigenvalue weighted by molar-refractivity contribution is 0.276. The maximum atomic E-state index is 13.6. The molecule has 0 bridgehead atoms. The van der Waals surface area contributed by atoms with E-state index in [1.807, 2.05) is 13.0 Å². The first kappa shape index (κ1) is 13.9. The lowest BCUT2D eigenvalue weighted by atomic mass is 9.80. The largest absolute Gasteiger partial charge is 0.382 e. The summed E-state index contributed by atoms with van der Waals surface area (Å²) in [5, 5.41) is 3.53. The molecule has 1 saturated carbocycles. The van der Waals surface area contributed by atoms with Gasteiger partial charge < -0.3 is 5.32 Å². The van der Waals surface area contributed by atoms with Crippen molar-refractivity contribution < 1.29 is 4.39 Å². The number of hydrogen-bond acceptors (Lipinski definition) is 1. The minimum atomic E-state index is -0.195. The minimum Gasteiger partial charge on any atom is -0.382 e. The molecule has 0 saturated heterocycles. The standard InChI is InChI=1S/C15H21BrFN/c1-9-4-5-14(10(2)6-9)18-15-8-13(17)12(16)7-11(15)3/h7-10,14,18H,4-6H2,1-3H3. The molecule has 0 aromatic heterocycles. The van der Waals surface area contributed by atoms with Crippen molar-refractivity contribution in [3.8, 4) is 0 Å². The van der Waals surface area contributed by atoms with Crippen LogP contribution < -0.4 is 5.32 Å². The van der Waals surface area contributed by atoms with Crippen molar-refractivity contribution in [2.75, 3.05) is 5.32 Å². The van der Waals surface area contributed by atoms with Crippen molar-refractivity contribution in [2.45, 2.75) is 46.1 Å². The van der Waals surface area contributed by atoms with Gasteiger partial charge in [-0.3, -0.25) is 0 Å². The van der Waals surface area contributed by atoms with Crippen molar-refractivity contribution in [3.05, 3.63) is 28.0 Å². The summed E-state index contributed by atoms with van der Waals surface area (Å²) in [6.45, 7) is 6.62. The Hall–Kier alpha value is -0.570. The fourth-order valence-electron chi connectivity index (χ4n) is 2.88. The maximum absolute atomic E-state index is 13.6. The second-order valence-corrected chi connectivity index (χ2v) is 6.58. The van der Waals surface area contributed by atoms with Crippen LogP contribution in [0.5, 0.6) is 0 Å². The molecule has 18 heavy (non-hydrogen) atoms. The Morgan fingerprint density at radius 1 is 1.28 bits per heavy atom. The van der Waals surface area contributed by atoms with Crippen LogP contribution in [0.15, 0.2) is 16.6 Å². The van der Waals surface area contributed by atoms with Crippen LogP contribution in [0.25, 0.3) is 0 Å². The zero-order valence-corrected chi connectivity index (χ0v) is 12.8. The molecule has 1 fully saturated rings. The van der Waals surface area contributed by atoms with Gasteiger partial charge in [-0.15, -0.1) is 0 Å². The van der Waals surface area contributed by atoms with Gasteiger partial charge in [0.15, 0.2) is 0 Å². The summed E-state index contributed by atoms with van der Waals surface area (Å²) >= 11 is 3.22. The topological polar surface area (TPSA) is 12.0 Å². The van der Waals surface area contributed by atoms with Gasteiger partial charge in [-0.2, -0.15) is 0 Å². The fraction of sp³-hybridized carbons (Fsp3) is 0.600. The molecule has 100 valence electrons. The van der Waals surface area contributed by atoms with Crippen LogP contribution in [-0.2, 0) is 0 Å². The van der Waals surface area contributed by atoms with Crippen LogP contribution >= 0.6 is 15.9 Å². The third-order valence-corrected chi connectivity index (χ3v) is 4.65. The molecular weight excluding hydrogens is 293 g/mol. The summed E-state index contributed by atoms with van der Waals surface area (Å²) in [5.74, 6) is 1.28. The average molecular weight is 314 g/mol. The van der Waals surface area contributed by atoms with Crippen LogP contribution in [0.3, 0.4) is 0 Å². The molecule has 1 N–H and O–H groups in total. The van der Waals surface area contributed by atoms with Gasteiger partial charge in [-0.25, -0.2) is 4.39 Å². The Kier molecular flexibility index (Phi) is 4.31. The van der Waals surface area contributed by atoms with Crippen LogP contribution in [0.2, 0.25) is 0 Å². The highest BCUT2D eigenvalue weighted by Crippen LogP contribution is 2.32. The minimum absolute atomic E-state index is 0.195. The third-order valence-electron chi connectivity index (χ3n) is 4.04. The molecule has 1 aromatic carbocycles. The number of nitrogens with one attached hydrogen (secondary N) is 1. The summed E-state index contributed by atoms with van der Waals surface area (Å²) in [6.07, 6.45) is 3.70. The van der Waals surface area contributed by atoms with Gasteiger partial charge in [-0.05, 0) is 71.6 Å². The molecule has 0 spiro atoms. The van der Waals surface area contributed by atoms with E-state index in [1.165, 1.54) is 19.3 Å². The first-order chi connectivity index (χ1) is 8.47. The van der Waals surface area contributed by atoms with E-state index in [2.05, 4.69) is 35.1 Å². The van der Waals surface area contributed by atoms with E-state index in [-0.39, 0.29) is 5.82 Å². The summed E-state index contributed by atoms with van der Waals surface area (Å²) < 4.78 is 14.1. The summed E-state index contributed by atoms with van der Waals surface area (Å²) in [7, 11) is 0. The number of hydrogen-bond donors (Lipinski definition) is 1. The monoisotopic (exact) mass is 313 g/mol. The lowest BCUT2D eigenvalue weighted by Gasteiger charge is -2.34. The zero-order valence-electron chi connectivity index (χ0n) is 11.3. The highest BCUT2D eigenvalue weighted by Gasteiger charge is 2.25. The Balaban J connectivity index is 2.12. The first-order valence-electron chi connectivity index (χ1n) is 6.69. The Labute approximate surface area is 117 Å². The highest BCUT2D eigenvalue weighted by atomic mass is 79.9. The second-order valence-electron chi connectivity index (χ2n) is 5.73. The number of anilines is 1. The third kappa shape index (κ3) is 3.05. The lowest BCUT2D eigenvalue weighted by Crippen LogP contribution is -2.33. The molecule has 2 rings (SSSR count). The van der Waals surface area contributed by atoms with Gasteiger partial charge in [0.05, 0.1) is 4.47 Å². The van der Waals surface area contributed by atoms with E-state index in [0.717, 1.165) is 17.2 Å². The predicted octanol–water partition coefficient (Wildman–Crippen LogP) is 5.13. The van der Waals surface area contributed by atoms with Crippen molar-refractivity contribution in [1.82, 2.24) is 0 Å². The SMILES string of the molecule is Cc1cc(Br)c(F)cc1NC1CCC(C)CC1C. The number of halogens is 2. The first-order valence-corrected chi connectivity index (χ1v) is 7.49. The van der Waals surface area contributed by atoms with Gasteiger partial charge in [0, 0.05) is 11.7 Å². The van der Waals surface area contributed by atoms with Gasteiger partial charge in [-0.1, -0.05) is 13.8 Å². The highest BCUT2D eigenvalue weighted by molar-refractivity contribution is 9.10. The molecule has 1 nitrogen and oxygen atoms in total. The van der Waals surface area contributed by atoms with Crippen molar-refractivity contribution in [3.63, 3.8) is 0 Å². The Morgan fingerprint density at radius 3 is 2.67 bits per heavy atom. The Bertz CT molecular complexity index is 433. The molecule has 3 heteroatoms. The number of rotatable bonds is 2. The van der Waals surface area contributed by atoms with E-state index >= 15 is 0 Å². The molecule has 0 heterocycles. The van der Waals surface area contributed by atoms with E-state index in [1.54, 1.807) is 6.07 Å². The van der Waals surface area contributed by atoms with E-state index < -0.39 is 0 Å². The number of aryl methyl sites for hydroxylation is 1. The van der Waals surface area contributed by atoms with Gasteiger partial charge in [0.2, 0.25) is 0 Å². The molecule has 0 amide bonds. The van der Waals surface area contributed by atoms with Gasteiger partial charge in [0.25, 0.3) is 0 Å². The maximum Gasteiger partial charge on any atom is 0.139 e. The quantitative estimate of drug-likeness (QED) is 0.797. The molecule has 3 atom stereocenters. The molecule has 1 aromatic rings.